The molecular weight excluding hydrogens is 272 g/mol. The molecule has 2 amide bonds. The van der Waals surface area contributed by atoms with Crippen molar-refractivity contribution in [2.75, 3.05) is 0 Å². The molecule has 0 rings (SSSR count). The Balaban J connectivity index is 4.69. The molecule has 0 aromatic rings. The largest absolute Gasteiger partial charge is 0.444 e. The van der Waals surface area contributed by atoms with Gasteiger partial charge in [0.2, 0.25) is 5.91 Å². The van der Waals surface area contributed by atoms with E-state index in [4.69, 9.17) is 4.74 Å². The van der Waals surface area contributed by atoms with E-state index in [1.165, 1.54) is 6.92 Å². The van der Waals surface area contributed by atoms with Crippen molar-refractivity contribution in [3.05, 3.63) is 0 Å². The van der Waals surface area contributed by atoms with E-state index in [-0.39, 0.29) is 17.6 Å². The Morgan fingerprint density at radius 2 is 1.62 bits per heavy atom. The number of carbonyl (C=O) groups excluding carboxylic acids is 3. The second-order valence-corrected chi connectivity index (χ2v) is 6.45. The summed E-state index contributed by atoms with van der Waals surface area (Å²) in [5.74, 6) is -0.492. The van der Waals surface area contributed by atoms with Crippen molar-refractivity contribution in [2.45, 2.75) is 72.6 Å². The Kier molecular flexibility index (Phi) is 7.39. The third-order valence-electron chi connectivity index (χ3n) is 2.82. The molecule has 0 aromatic carbocycles. The van der Waals surface area contributed by atoms with E-state index in [0.29, 0.717) is 6.42 Å². The lowest BCUT2D eigenvalue weighted by Crippen LogP contribution is -2.53. The number of ketones is 1. The molecule has 0 aromatic heterocycles. The fraction of sp³-hybridized carbons (Fsp3) is 0.800. The van der Waals surface area contributed by atoms with Gasteiger partial charge in [0, 0.05) is 0 Å². The number of rotatable bonds is 6. The summed E-state index contributed by atoms with van der Waals surface area (Å²) in [6.07, 6.45) is -0.234. The highest BCUT2D eigenvalue weighted by molar-refractivity contribution is 5.91. The zero-order chi connectivity index (χ0) is 16.8. The number of carbonyl (C=O) groups is 3. The van der Waals surface area contributed by atoms with Crippen LogP contribution in [-0.4, -0.2) is 35.5 Å². The van der Waals surface area contributed by atoms with E-state index < -0.39 is 23.8 Å². The highest BCUT2D eigenvalue weighted by Gasteiger charge is 2.27. The van der Waals surface area contributed by atoms with E-state index in [1.54, 1.807) is 27.7 Å². The van der Waals surface area contributed by atoms with Crippen molar-refractivity contribution >= 4 is 17.8 Å². The van der Waals surface area contributed by atoms with E-state index in [2.05, 4.69) is 10.6 Å². The minimum atomic E-state index is -0.722. The normalized spacial score (nSPS) is 14.3. The maximum atomic E-state index is 12.2. The summed E-state index contributed by atoms with van der Waals surface area (Å²) >= 11 is 0. The van der Waals surface area contributed by atoms with Gasteiger partial charge >= 0.3 is 6.09 Å². The first kappa shape index (κ1) is 19.4. The lowest BCUT2D eigenvalue weighted by atomic mass is 10.00. The van der Waals surface area contributed by atoms with E-state index >= 15 is 0 Å². The fourth-order valence-electron chi connectivity index (χ4n) is 1.79. The molecule has 2 atom stereocenters. The minimum absolute atomic E-state index is 0.00881. The standard InChI is InChI=1S/C15H28N2O4/c1-8-11(16-14(20)21-15(5,6)7)13(19)17-12(9(2)3)10(4)18/h9,11-12H,8H2,1-7H3,(H,16,20)(H,17,19)/t11-,12-/m0/s1. The average Bonchev–Trinajstić information content (AvgIpc) is 2.29. The number of alkyl carbamates (subject to hydrolysis) is 1. The molecule has 122 valence electrons. The molecule has 0 fully saturated rings. The summed E-state index contributed by atoms with van der Waals surface area (Å²) in [7, 11) is 0. The summed E-state index contributed by atoms with van der Waals surface area (Å²) in [6, 6.07) is -1.27. The molecule has 0 saturated carbocycles. The maximum Gasteiger partial charge on any atom is 0.408 e. The van der Waals surface area contributed by atoms with E-state index in [0.717, 1.165) is 0 Å². The van der Waals surface area contributed by atoms with Gasteiger partial charge in [0.15, 0.2) is 5.78 Å². The average molecular weight is 300 g/mol. The molecule has 0 aliphatic carbocycles. The number of hydrogen-bond acceptors (Lipinski definition) is 4. The first-order chi connectivity index (χ1) is 9.47. The number of amides is 2. The molecule has 0 spiro atoms. The quantitative estimate of drug-likeness (QED) is 0.786. The highest BCUT2D eigenvalue weighted by Crippen LogP contribution is 2.08. The van der Waals surface area contributed by atoms with Crippen LogP contribution in [0.3, 0.4) is 0 Å². The summed E-state index contributed by atoms with van der Waals surface area (Å²) in [6.45, 7) is 12.2. The van der Waals surface area contributed by atoms with Crippen LogP contribution >= 0.6 is 0 Å². The van der Waals surface area contributed by atoms with Crippen LogP contribution in [0.4, 0.5) is 4.79 Å². The van der Waals surface area contributed by atoms with Gasteiger partial charge in [0.1, 0.15) is 11.6 Å². The Morgan fingerprint density at radius 3 is 1.95 bits per heavy atom. The second-order valence-electron chi connectivity index (χ2n) is 6.45. The van der Waals surface area contributed by atoms with Crippen LogP contribution in [0.25, 0.3) is 0 Å². The summed E-state index contributed by atoms with van der Waals surface area (Å²) in [5, 5.41) is 5.20. The zero-order valence-electron chi connectivity index (χ0n) is 14.1. The fourth-order valence-corrected chi connectivity index (χ4v) is 1.79. The van der Waals surface area contributed by atoms with Gasteiger partial charge < -0.3 is 15.4 Å². The van der Waals surface area contributed by atoms with Crippen molar-refractivity contribution in [3.63, 3.8) is 0 Å². The summed E-state index contributed by atoms with van der Waals surface area (Å²) in [4.78, 5) is 35.4. The lowest BCUT2D eigenvalue weighted by molar-refractivity contribution is -0.129. The van der Waals surface area contributed by atoms with Gasteiger partial charge in [-0.1, -0.05) is 20.8 Å². The monoisotopic (exact) mass is 300 g/mol. The van der Waals surface area contributed by atoms with Crippen molar-refractivity contribution in [1.29, 1.82) is 0 Å². The van der Waals surface area contributed by atoms with Crippen LogP contribution in [0, 0.1) is 5.92 Å². The lowest BCUT2D eigenvalue weighted by Gasteiger charge is -2.25. The predicted molar refractivity (Wildman–Crippen MR) is 80.9 cm³/mol. The predicted octanol–water partition coefficient (Wildman–Crippen LogP) is 2.02. The van der Waals surface area contributed by atoms with Crippen LogP contribution in [0.2, 0.25) is 0 Å². The van der Waals surface area contributed by atoms with Crippen LogP contribution in [0.5, 0.6) is 0 Å². The van der Waals surface area contributed by atoms with Crippen LogP contribution < -0.4 is 10.6 Å². The molecule has 6 heteroatoms. The first-order valence-corrected chi connectivity index (χ1v) is 7.28. The van der Waals surface area contributed by atoms with E-state index in [9.17, 15) is 14.4 Å². The van der Waals surface area contributed by atoms with Crippen molar-refractivity contribution in [3.8, 4) is 0 Å². The van der Waals surface area contributed by atoms with Gasteiger partial charge in [0.25, 0.3) is 0 Å². The molecule has 6 nitrogen and oxygen atoms in total. The van der Waals surface area contributed by atoms with Crippen LogP contribution in [-0.2, 0) is 14.3 Å². The molecule has 21 heavy (non-hydrogen) atoms. The molecule has 0 aliphatic rings. The summed E-state index contributed by atoms with van der Waals surface area (Å²) < 4.78 is 5.12. The smallest absolute Gasteiger partial charge is 0.408 e. The molecular formula is C15H28N2O4. The number of hydrogen-bond donors (Lipinski definition) is 2. The highest BCUT2D eigenvalue weighted by atomic mass is 16.6. The molecule has 2 N–H and O–H groups in total. The Hall–Kier alpha value is -1.59. The molecule has 0 heterocycles. The van der Waals surface area contributed by atoms with Gasteiger partial charge in [0.05, 0.1) is 6.04 Å². The first-order valence-electron chi connectivity index (χ1n) is 7.28. The van der Waals surface area contributed by atoms with Gasteiger partial charge in [-0.2, -0.15) is 0 Å². The number of ether oxygens (including phenoxy) is 1. The van der Waals surface area contributed by atoms with Crippen molar-refractivity contribution in [1.82, 2.24) is 10.6 Å². The van der Waals surface area contributed by atoms with Gasteiger partial charge in [-0.05, 0) is 40.0 Å². The Bertz CT molecular complexity index is 386. The van der Waals surface area contributed by atoms with Crippen molar-refractivity contribution < 1.29 is 19.1 Å². The second kappa shape index (κ2) is 8.00. The van der Waals surface area contributed by atoms with Crippen LogP contribution in [0.15, 0.2) is 0 Å². The zero-order valence-corrected chi connectivity index (χ0v) is 14.1. The minimum Gasteiger partial charge on any atom is -0.444 e. The SMILES string of the molecule is CC[C@H](NC(=O)OC(C)(C)C)C(=O)N[C@H](C(C)=O)C(C)C. The van der Waals surface area contributed by atoms with Gasteiger partial charge in [-0.25, -0.2) is 4.79 Å². The summed E-state index contributed by atoms with van der Waals surface area (Å²) in [5.41, 5.74) is -0.626. The maximum absolute atomic E-state index is 12.2. The van der Waals surface area contributed by atoms with Gasteiger partial charge in [-0.15, -0.1) is 0 Å². The molecule has 0 unspecified atom stereocenters. The Labute approximate surface area is 127 Å². The van der Waals surface area contributed by atoms with Crippen LogP contribution in [0.1, 0.15) is 54.9 Å². The molecule has 0 bridgehead atoms. The molecule has 0 aliphatic heterocycles. The van der Waals surface area contributed by atoms with Crippen molar-refractivity contribution in [2.24, 2.45) is 5.92 Å². The number of nitrogens with one attached hydrogen (secondary N) is 2. The Morgan fingerprint density at radius 1 is 1.10 bits per heavy atom. The topological polar surface area (TPSA) is 84.5 Å². The molecule has 0 radical (unpaired) electrons. The number of Topliss-reactive ketones (excluding diaryl/α,β-unsaturated/α-hetero) is 1. The third-order valence-corrected chi connectivity index (χ3v) is 2.82. The van der Waals surface area contributed by atoms with Gasteiger partial charge in [-0.3, -0.25) is 9.59 Å². The third kappa shape index (κ3) is 7.68. The molecule has 0 saturated heterocycles. The van der Waals surface area contributed by atoms with E-state index in [1.807, 2.05) is 13.8 Å².